The van der Waals surface area contributed by atoms with Crippen molar-refractivity contribution in [1.82, 2.24) is 14.3 Å². The minimum absolute atomic E-state index is 0.252. The molecule has 9 heteroatoms. The SMILES string of the molecule is COc1cc(N2CCN(S(=O)(=O)c3ccccc3F)CC2)nc(C)n1. The molecule has 0 spiro atoms. The van der Waals surface area contributed by atoms with Gasteiger partial charge in [0.05, 0.1) is 7.11 Å². The standard InChI is InChI=1S/C16H19FN4O3S/c1-12-18-15(11-16(19-12)24-2)20-7-9-21(10-8-20)25(22,23)14-6-4-3-5-13(14)17/h3-6,11H,7-10H2,1-2H3. The van der Waals surface area contributed by atoms with Gasteiger partial charge < -0.3 is 9.64 Å². The number of methoxy groups -OCH3 is 1. The summed E-state index contributed by atoms with van der Waals surface area (Å²) < 4.78 is 45.6. The van der Waals surface area contributed by atoms with Gasteiger partial charge in [0.2, 0.25) is 15.9 Å². The fourth-order valence-electron chi connectivity index (χ4n) is 2.74. The van der Waals surface area contributed by atoms with Crippen LogP contribution in [0.4, 0.5) is 10.2 Å². The van der Waals surface area contributed by atoms with E-state index >= 15 is 0 Å². The molecule has 0 radical (unpaired) electrons. The number of piperazine rings is 1. The Bertz CT molecular complexity index is 867. The van der Waals surface area contributed by atoms with Crippen LogP contribution < -0.4 is 9.64 Å². The lowest BCUT2D eigenvalue weighted by Gasteiger charge is -2.34. The molecule has 134 valence electrons. The number of nitrogens with zero attached hydrogens (tertiary/aromatic N) is 4. The maximum absolute atomic E-state index is 13.9. The van der Waals surface area contributed by atoms with Crippen LogP contribution >= 0.6 is 0 Å². The van der Waals surface area contributed by atoms with E-state index in [2.05, 4.69) is 9.97 Å². The Labute approximate surface area is 146 Å². The molecular formula is C16H19FN4O3S. The fraction of sp³-hybridized carbons (Fsp3) is 0.375. The van der Waals surface area contributed by atoms with Gasteiger partial charge in [-0.05, 0) is 19.1 Å². The topological polar surface area (TPSA) is 75.6 Å². The number of aromatic nitrogens is 2. The molecule has 0 atom stereocenters. The predicted molar refractivity (Wildman–Crippen MR) is 90.7 cm³/mol. The summed E-state index contributed by atoms with van der Waals surface area (Å²) in [4.78, 5) is 10.2. The second kappa shape index (κ2) is 6.93. The third-order valence-electron chi connectivity index (χ3n) is 4.03. The van der Waals surface area contributed by atoms with Crippen molar-refractivity contribution in [3.8, 4) is 5.88 Å². The van der Waals surface area contributed by atoms with Crippen LogP contribution in [0.25, 0.3) is 0 Å². The number of hydrogen-bond donors (Lipinski definition) is 0. The molecule has 0 bridgehead atoms. The van der Waals surface area contributed by atoms with Crippen molar-refractivity contribution in [2.24, 2.45) is 0 Å². The Morgan fingerprint density at radius 3 is 2.44 bits per heavy atom. The van der Waals surface area contributed by atoms with Crippen LogP contribution in [0.2, 0.25) is 0 Å². The quantitative estimate of drug-likeness (QED) is 0.815. The lowest BCUT2D eigenvalue weighted by atomic mass is 10.3. The second-order valence-corrected chi connectivity index (χ2v) is 7.54. The number of benzene rings is 1. The fourth-order valence-corrected chi connectivity index (χ4v) is 4.23. The number of anilines is 1. The number of halogens is 1. The first-order chi connectivity index (χ1) is 11.9. The molecule has 25 heavy (non-hydrogen) atoms. The van der Waals surface area contributed by atoms with Crippen LogP contribution in [0, 0.1) is 12.7 Å². The van der Waals surface area contributed by atoms with E-state index in [1.165, 1.54) is 29.6 Å². The Morgan fingerprint density at radius 2 is 1.80 bits per heavy atom. The molecule has 1 aliphatic rings. The smallest absolute Gasteiger partial charge is 0.246 e. The van der Waals surface area contributed by atoms with Gasteiger partial charge in [0.1, 0.15) is 22.4 Å². The van der Waals surface area contributed by atoms with Crippen molar-refractivity contribution in [1.29, 1.82) is 0 Å². The molecule has 1 aromatic heterocycles. The van der Waals surface area contributed by atoms with E-state index in [0.717, 1.165) is 6.07 Å². The molecule has 2 aromatic rings. The lowest BCUT2D eigenvalue weighted by Crippen LogP contribution is -2.49. The van der Waals surface area contributed by atoms with Crippen LogP contribution in [0.1, 0.15) is 5.82 Å². The molecule has 1 aromatic carbocycles. The minimum atomic E-state index is -3.85. The van der Waals surface area contributed by atoms with Crippen molar-refractivity contribution in [2.75, 3.05) is 38.2 Å². The summed E-state index contributed by atoms with van der Waals surface area (Å²) in [5.41, 5.74) is 0. The molecule has 0 amide bonds. The molecule has 1 aliphatic heterocycles. The average Bonchev–Trinajstić information content (AvgIpc) is 2.61. The normalized spacial score (nSPS) is 16.0. The first-order valence-corrected chi connectivity index (χ1v) is 9.25. The highest BCUT2D eigenvalue weighted by Crippen LogP contribution is 2.23. The summed E-state index contributed by atoms with van der Waals surface area (Å²) in [6.45, 7) is 3.18. The molecule has 2 heterocycles. The average molecular weight is 366 g/mol. The summed E-state index contributed by atoms with van der Waals surface area (Å²) in [6.07, 6.45) is 0. The van der Waals surface area contributed by atoms with E-state index in [9.17, 15) is 12.8 Å². The predicted octanol–water partition coefficient (Wildman–Crippen LogP) is 1.44. The van der Waals surface area contributed by atoms with Gasteiger partial charge in [-0.1, -0.05) is 12.1 Å². The Morgan fingerprint density at radius 1 is 1.12 bits per heavy atom. The summed E-state index contributed by atoms with van der Waals surface area (Å²) >= 11 is 0. The first kappa shape index (κ1) is 17.6. The van der Waals surface area contributed by atoms with E-state index in [4.69, 9.17) is 4.74 Å². The van der Waals surface area contributed by atoms with E-state index in [1.807, 2.05) is 4.90 Å². The van der Waals surface area contributed by atoms with Gasteiger partial charge in [0.15, 0.2) is 0 Å². The molecule has 1 fully saturated rings. The first-order valence-electron chi connectivity index (χ1n) is 7.81. The number of hydrogen-bond acceptors (Lipinski definition) is 6. The molecule has 3 rings (SSSR count). The molecule has 0 unspecified atom stereocenters. The van der Waals surface area contributed by atoms with Gasteiger partial charge in [-0.2, -0.15) is 9.29 Å². The van der Waals surface area contributed by atoms with Crippen LogP contribution in [0.3, 0.4) is 0 Å². The molecular weight excluding hydrogens is 347 g/mol. The lowest BCUT2D eigenvalue weighted by molar-refractivity contribution is 0.378. The third-order valence-corrected chi connectivity index (χ3v) is 5.96. The van der Waals surface area contributed by atoms with E-state index in [0.29, 0.717) is 30.6 Å². The van der Waals surface area contributed by atoms with E-state index in [-0.39, 0.29) is 18.0 Å². The molecule has 0 saturated carbocycles. The van der Waals surface area contributed by atoms with Crippen molar-refractivity contribution >= 4 is 15.8 Å². The largest absolute Gasteiger partial charge is 0.481 e. The highest BCUT2D eigenvalue weighted by molar-refractivity contribution is 7.89. The zero-order chi connectivity index (χ0) is 18.0. The van der Waals surface area contributed by atoms with Gasteiger partial charge >= 0.3 is 0 Å². The molecule has 0 aliphatic carbocycles. The third kappa shape index (κ3) is 3.57. The second-order valence-electron chi connectivity index (χ2n) is 5.64. The number of aryl methyl sites for hydroxylation is 1. The maximum Gasteiger partial charge on any atom is 0.246 e. The van der Waals surface area contributed by atoms with Crippen molar-refractivity contribution in [2.45, 2.75) is 11.8 Å². The number of sulfonamides is 1. The van der Waals surface area contributed by atoms with E-state index < -0.39 is 15.8 Å². The summed E-state index contributed by atoms with van der Waals surface area (Å²) in [5, 5.41) is 0. The Hall–Kier alpha value is -2.26. The van der Waals surface area contributed by atoms with Crippen LogP contribution in [0.15, 0.2) is 35.2 Å². The number of rotatable bonds is 4. The molecule has 7 nitrogen and oxygen atoms in total. The van der Waals surface area contributed by atoms with E-state index in [1.54, 1.807) is 13.0 Å². The Balaban J connectivity index is 1.76. The highest BCUT2D eigenvalue weighted by atomic mass is 32.2. The monoisotopic (exact) mass is 366 g/mol. The van der Waals surface area contributed by atoms with Gasteiger partial charge in [0.25, 0.3) is 0 Å². The zero-order valence-electron chi connectivity index (χ0n) is 14.0. The maximum atomic E-state index is 13.9. The minimum Gasteiger partial charge on any atom is -0.481 e. The van der Waals surface area contributed by atoms with Gasteiger partial charge in [0, 0.05) is 32.2 Å². The van der Waals surface area contributed by atoms with Crippen molar-refractivity contribution in [3.63, 3.8) is 0 Å². The van der Waals surface area contributed by atoms with Crippen molar-refractivity contribution < 1.29 is 17.5 Å². The number of ether oxygens (including phenoxy) is 1. The van der Waals surface area contributed by atoms with Crippen LogP contribution in [0.5, 0.6) is 5.88 Å². The molecule has 0 N–H and O–H groups in total. The van der Waals surface area contributed by atoms with Crippen molar-refractivity contribution in [3.05, 3.63) is 42.0 Å². The highest BCUT2D eigenvalue weighted by Gasteiger charge is 2.30. The summed E-state index contributed by atoms with van der Waals surface area (Å²) in [5.74, 6) is 0.994. The zero-order valence-corrected chi connectivity index (χ0v) is 14.8. The van der Waals surface area contributed by atoms with Crippen LogP contribution in [-0.2, 0) is 10.0 Å². The van der Waals surface area contributed by atoms with Gasteiger partial charge in [-0.15, -0.1) is 0 Å². The molecule has 1 saturated heterocycles. The van der Waals surface area contributed by atoms with Gasteiger partial charge in [-0.25, -0.2) is 17.8 Å². The van der Waals surface area contributed by atoms with Gasteiger partial charge in [-0.3, -0.25) is 0 Å². The summed E-state index contributed by atoms with van der Waals surface area (Å²) in [7, 11) is -2.31. The Kier molecular flexibility index (Phi) is 4.87. The van der Waals surface area contributed by atoms with Crippen LogP contribution in [-0.4, -0.2) is 56.0 Å². The summed E-state index contributed by atoms with van der Waals surface area (Å²) in [6, 6.07) is 7.14.